The third kappa shape index (κ3) is 5.63. The van der Waals surface area contributed by atoms with Crippen LogP contribution in [0.4, 0.5) is 5.13 Å². The molecule has 2 aliphatic carbocycles. The van der Waals surface area contributed by atoms with Crippen molar-refractivity contribution >= 4 is 28.3 Å². The van der Waals surface area contributed by atoms with E-state index in [9.17, 15) is 19.8 Å². The van der Waals surface area contributed by atoms with Crippen molar-refractivity contribution in [3.63, 3.8) is 0 Å². The van der Waals surface area contributed by atoms with E-state index >= 15 is 0 Å². The van der Waals surface area contributed by atoms with Crippen molar-refractivity contribution in [2.75, 3.05) is 26.1 Å². The van der Waals surface area contributed by atoms with Gasteiger partial charge in [0, 0.05) is 34.7 Å². The molecule has 4 N–H and O–H groups in total. The number of nitrogens with zero attached hydrogens (tertiary/aromatic N) is 1. The number of fused-ring (bicyclic) bond motifs is 2. The quantitative estimate of drug-likeness (QED) is 0.287. The van der Waals surface area contributed by atoms with Crippen LogP contribution in [0, 0.1) is 16.7 Å². The molecular formula is C32H39N3O6S. The van der Waals surface area contributed by atoms with Crippen molar-refractivity contribution in [3.05, 3.63) is 70.2 Å². The van der Waals surface area contributed by atoms with Crippen molar-refractivity contribution in [3.8, 4) is 11.5 Å². The van der Waals surface area contributed by atoms with Crippen LogP contribution in [-0.4, -0.2) is 53.9 Å². The number of aromatic nitrogens is 1. The lowest BCUT2D eigenvalue weighted by Crippen LogP contribution is -2.57. The molecular weight excluding hydrogens is 554 g/mol. The Balaban J connectivity index is 1.41. The molecule has 1 heterocycles. The summed E-state index contributed by atoms with van der Waals surface area (Å²) in [5.41, 5.74) is 1.16. The van der Waals surface area contributed by atoms with Gasteiger partial charge in [-0.3, -0.25) is 14.9 Å². The Morgan fingerprint density at radius 3 is 2.31 bits per heavy atom. The molecule has 1 fully saturated rings. The Hall–Kier alpha value is -3.47. The first-order chi connectivity index (χ1) is 20.1. The van der Waals surface area contributed by atoms with Crippen LogP contribution in [0.3, 0.4) is 0 Å². The van der Waals surface area contributed by atoms with Crippen LogP contribution >= 0.6 is 11.3 Å². The summed E-state index contributed by atoms with van der Waals surface area (Å²) in [6, 6.07) is 14.4. The number of rotatable bonds is 9. The largest absolute Gasteiger partial charge is 0.497 e. The fraction of sp³-hybridized carbons (Fsp3) is 0.469. The number of anilines is 1. The van der Waals surface area contributed by atoms with E-state index in [1.165, 1.54) is 11.3 Å². The molecule has 42 heavy (non-hydrogen) atoms. The average molecular weight is 594 g/mol. The summed E-state index contributed by atoms with van der Waals surface area (Å²) in [5, 5.41) is 28.0. The Bertz CT molecular complexity index is 1430. The topological polar surface area (TPSA) is 130 Å². The van der Waals surface area contributed by atoms with E-state index in [-0.39, 0.29) is 42.1 Å². The number of methoxy groups -OCH3 is 2. The second-order valence-electron chi connectivity index (χ2n) is 11.9. The van der Waals surface area contributed by atoms with Crippen LogP contribution in [0.1, 0.15) is 65.5 Å². The van der Waals surface area contributed by atoms with Gasteiger partial charge in [-0.1, -0.05) is 26.0 Å². The number of hydrogen-bond acceptors (Lipinski definition) is 8. The maximum atomic E-state index is 13.4. The van der Waals surface area contributed by atoms with Gasteiger partial charge in [0.25, 0.3) is 5.91 Å². The molecule has 0 radical (unpaired) electrons. The van der Waals surface area contributed by atoms with Gasteiger partial charge in [0.1, 0.15) is 11.5 Å². The number of ether oxygens (including phenoxy) is 2. The number of nitrogens with one attached hydrogen (secondary N) is 2. The van der Waals surface area contributed by atoms with E-state index in [1.54, 1.807) is 38.5 Å². The van der Waals surface area contributed by atoms with Crippen LogP contribution < -0.4 is 20.1 Å². The van der Waals surface area contributed by atoms with Crippen LogP contribution in [0.2, 0.25) is 0 Å². The summed E-state index contributed by atoms with van der Waals surface area (Å²) in [5.74, 6) is 0.714. The van der Waals surface area contributed by atoms with Crippen molar-refractivity contribution in [1.82, 2.24) is 10.3 Å². The smallest absolute Gasteiger partial charge is 0.257 e. The van der Waals surface area contributed by atoms with Crippen LogP contribution in [0.5, 0.6) is 11.5 Å². The van der Waals surface area contributed by atoms with E-state index in [1.807, 2.05) is 31.2 Å². The van der Waals surface area contributed by atoms with Gasteiger partial charge in [0.15, 0.2) is 5.13 Å². The molecule has 0 saturated heterocycles. The van der Waals surface area contributed by atoms with Crippen molar-refractivity contribution in [1.29, 1.82) is 0 Å². The van der Waals surface area contributed by atoms with Gasteiger partial charge in [-0.2, -0.15) is 0 Å². The number of amides is 2. The lowest BCUT2D eigenvalue weighted by molar-refractivity contribution is -0.144. The minimum atomic E-state index is -0.723. The molecule has 1 saturated carbocycles. The number of carbonyl (C=O) groups excluding carboxylic acids is 2. The van der Waals surface area contributed by atoms with Crippen molar-refractivity contribution < 1.29 is 29.3 Å². The zero-order valence-corrected chi connectivity index (χ0v) is 25.3. The molecule has 0 spiro atoms. The first kappa shape index (κ1) is 30.0. The van der Waals surface area contributed by atoms with Crippen LogP contribution in [0.25, 0.3) is 0 Å². The van der Waals surface area contributed by atoms with E-state index in [2.05, 4.69) is 17.6 Å². The highest BCUT2D eigenvalue weighted by molar-refractivity contribution is 7.15. The molecule has 3 aromatic rings. The summed E-state index contributed by atoms with van der Waals surface area (Å²) in [4.78, 5) is 32.3. The average Bonchev–Trinajstić information content (AvgIpc) is 3.41. The molecule has 5 atom stereocenters. The monoisotopic (exact) mass is 593 g/mol. The Labute approximate surface area is 250 Å². The minimum Gasteiger partial charge on any atom is -0.497 e. The number of aliphatic hydroxyl groups excluding tert-OH is 2. The molecule has 5 unspecified atom stereocenters. The van der Waals surface area contributed by atoms with Crippen LogP contribution in [-0.2, 0) is 17.8 Å². The summed E-state index contributed by atoms with van der Waals surface area (Å²) in [6.07, 6.45) is 1.42. The third-order valence-corrected chi connectivity index (χ3v) is 10.5. The van der Waals surface area contributed by atoms with Gasteiger partial charge in [-0.05, 0) is 72.6 Å². The lowest BCUT2D eigenvalue weighted by Gasteiger charge is -2.58. The molecule has 0 aliphatic heterocycles. The number of thiazole rings is 1. The maximum absolute atomic E-state index is 13.4. The molecule has 0 bridgehead atoms. The van der Waals surface area contributed by atoms with Crippen LogP contribution in [0.15, 0.2) is 48.5 Å². The van der Waals surface area contributed by atoms with Gasteiger partial charge in [0.2, 0.25) is 5.91 Å². The number of hydrogen-bond donors (Lipinski definition) is 4. The molecule has 2 amide bonds. The molecule has 2 aromatic carbocycles. The van der Waals surface area contributed by atoms with Gasteiger partial charge < -0.3 is 25.0 Å². The second kappa shape index (κ2) is 12.0. The van der Waals surface area contributed by atoms with E-state index < -0.39 is 11.5 Å². The fourth-order valence-corrected chi connectivity index (χ4v) is 7.88. The van der Waals surface area contributed by atoms with Gasteiger partial charge >= 0.3 is 0 Å². The Kier molecular flexibility index (Phi) is 8.59. The van der Waals surface area contributed by atoms with Gasteiger partial charge in [-0.25, -0.2) is 4.98 Å². The summed E-state index contributed by atoms with van der Waals surface area (Å²) >= 11 is 1.40. The van der Waals surface area contributed by atoms with E-state index in [0.29, 0.717) is 42.3 Å². The molecule has 2 aliphatic rings. The lowest BCUT2D eigenvalue weighted by atomic mass is 9.47. The summed E-state index contributed by atoms with van der Waals surface area (Å²) < 4.78 is 10.4. The first-order valence-corrected chi connectivity index (χ1v) is 15.1. The highest BCUT2D eigenvalue weighted by Gasteiger charge is 2.59. The van der Waals surface area contributed by atoms with Crippen molar-refractivity contribution in [2.24, 2.45) is 16.7 Å². The fourth-order valence-electron chi connectivity index (χ4n) is 6.81. The first-order valence-electron chi connectivity index (χ1n) is 14.2. The van der Waals surface area contributed by atoms with E-state index in [4.69, 9.17) is 14.5 Å². The zero-order chi connectivity index (χ0) is 30.1. The highest BCUT2D eigenvalue weighted by Crippen LogP contribution is 2.62. The molecule has 224 valence electrons. The van der Waals surface area contributed by atoms with Gasteiger partial charge in [-0.15, -0.1) is 11.3 Å². The molecule has 10 heteroatoms. The highest BCUT2D eigenvalue weighted by atomic mass is 32.1. The predicted octanol–water partition coefficient (Wildman–Crippen LogP) is 4.53. The van der Waals surface area contributed by atoms with Gasteiger partial charge in [0.05, 0.1) is 32.6 Å². The number of benzene rings is 2. The standard InChI is InChI=1S/C32H39N3O6S/c1-31-14-13-26(37)32(2,18-36)25(31)16-24-28(23(31)15-27(38)33-17-19-5-9-21(40-3)10-6-19)34-30(42-24)35-29(39)20-7-11-22(41-4)12-8-20/h5-12,23,25-26,36-37H,13-18H2,1-4H3,(H,33,38)(H,34,35,39). The Morgan fingerprint density at radius 2 is 1.69 bits per heavy atom. The third-order valence-electron chi connectivity index (χ3n) is 9.50. The number of carbonyl (C=O) groups is 2. The van der Waals surface area contributed by atoms with Crippen molar-refractivity contribution in [2.45, 2.75) is 58.1 Å². The molecule has 9 nitrogen and oxygen atoms in total. The minimum absolute atomic E-state index is 0.0729. The van der Waals surface area contributed by atoms with E-state index in [0.717, 1.165) is 21.9 Å². The predicted molar refractivity (Wildman–Crippen MR) is 161 cm³/mol. The maximum Gasteiger partial charge on any atom is 0.257 e. The molecule has 1 aromatic heterocycles. The SMILES string of the molecule is COc1ccc(CNC(=O)CC2c3nc(NC(=O)c4ccc(OC)cc4)sc3CC3C(C)(CO)C(O)CCC23C)cc1. The zero-order valence-electron chi connectivity index (χ0n) is 24.5. The number of aliphatic hydroxyl groups is 2. The second-order valence-corrected chi connectivity index (χ2v) is 13.0. The summed E-state index contributed by atoms with van der Waals surface area (Å²) in [7, 11) is 3.19. The summed E-state index contributed by atoms with van der Waals surface area (Å²) in [6.45, 7) is 4.34. The normalized spacial score (nSPS) is 26.5. The Morgan fingerprint density at radius 1 is 1.05 bits per heavy atom. The molecule has 5 rings (SSSR count).